The molecule has 5 nitrogen and oxygen atoms in total. The lowest BCUT2D eigenvalue weighted by atomic mass is 9.78. The van der Waals surface area contributed by atoms with E-state index in [0.29, 0.717) is 23.9 Å². The van der Waals surface area contributed by atoms with Crippen molar-refractivity contribution in [2.45, 2.75) is 12.5 Å². The standard InChI is InChI=1S/C28H21BrN2O3/c1-32-24-14-19(13-23(29)27(24)33-16-17-7-3-2-4-8-17)25-21-12-11-18-9-5-6-10-20(18)26(21)34-28(31)22(25)15-30/h2-14,22,25,31H,16H2,1H3. The van der Waals surface area contributed by atoms with Crippen LogP contribution in [0.15, 0.2) is 83.3 Å². The number of rotatable bonds is 5. The summed E-state index contributed by atoms with van der Waals surface area (Å²) in [6, 6.07) is 27.9. The van der Waals surface area contributed by atoms with Gasteiger partial charge in [-0.2, -0.15) is 5.26 Å². The van der Waals surface area contributed by atoms with Gasteiger partial charge in [-0.25, -0.2) is 0 Å². The molecule has 168 valence electrons. The third-order valence-corrected chi connectivity index (χ3v) is 6.64. The molecule has 0 saturated heterocycles. The number of ether oxygens (including phenoxy) is 3. The fourth-order valence-electron chi connectivity index (χ4n) is 4.42. The van der Waals surface area contributed by atoms with Crippen molar-refractivity contribution >= 4 is 32.6 Å². The van der Waals surface area contributed by atoms with E-state index in [1.54, 1.807) is 7.11 Å². The van der Waals surface area contributed by atoms with Crippen LogP contribution in [0, 0.1) is 22.7 Å². The van der Waals surface area contributed by atoms with Crippen LogP contribution in [-0.2, 0) is 6.61 Å². The number of hydrogen-bond acceptors (Lipinski definition) is 5. The minimum absolute atomic E-state index is 0.0594. The van der Waals surface area contributed by atoms with Gasteiger partial charge in [0, 0.05) is 16.9 Å². The van der Waals surface area contributed by atoms with Crippen molar-refractivity contribution < 1.29 is 14.2 Å². The van der Waals surface area contributed by atoms with Crippen LogP contribution < -0.4 is 14.2 Å². The van der Waals surface area contributed by atoms with Crippen molar-refractivity contribution in [3.63, 3.8) is 0 Å². The zero-order valence-electron chi connectivity index (χ0n) is 18.4. The van der Waals surface area contributed by atoms with E-state index in [4.69, 9.17) is 19.6 Å². The van der Waals surface area contributed by atoms with Gasteiger partial charge in [0.2, 0.25) is 5.90 Å². The molecule has 1 aliphatic heterocycles. The van der Waals surface area contributed by atoms with E-state index >= 15 is 0 Å². The molecule has 0 fully saturated rings. The Morgan fingerprint density at radius 2 is 1.79 bits per heavy atom. The maximum Gasteiger partial charge on any atom is 0.205 e. The van der Waals surface area contributed by atoms with Gasteiger partial charge >= 0.3 is 0 Å². The monoisotopic (exact) mass is 512 g/mol. The summed E-state index contributed by atoms with van der Waals surface area (Å²) in [5.41, 5.74) is 2.75. The van der Waals surface area contributed by atoms with E-state index in [9.17, 15) is 5.26 Å². The third kappa shape index (κ3) is 3.89. The van der Waals surface area contributed by atoms with Crippen molar-refractivity contribution in [3.8, 4) is 23.3 Å². The normalized spacial score (nSPS) is 16.9. The van der Waals surface area contributed by atoms with Crippen molar-refractivity contribution in [1.82, 2.24) is 0 Å². The van der Waals surface area contributed by atoms with Crippen LogP contribution in [0.1, 0.15) is 22.6 Å². The maximum atomic E-state index is 9.95. The average molecular weight is 513 g/mol. The Morgan fingerprint density at radius 3 is 2.56 bits per heavy atom. The summed E-state index contributed by atoms with van der Waals surface area (Å²) in [4.78, 5) is 0. The van der Waals surface area contributed by atoms with E-state index < -0.39 is 5.92 Å². The lowest BCUT2D eigenvalue weighted by molar-refractivity contribution is 0.282. The zero-order chi connectivity index (χ0) is 23.7. The first-order valence-electron chi connectivity index (χ1n) is 10.8. The average Bonchev–Trinajstić information content (AvgIpc) is 2.87. The SMILES string of the molecule is COc1cc(C2c3ccc4ccccc4c3OC(=N)C2C#N)cc(Br)c1OCc1ccccc1. The van der Waals surface area contributed by atoms with Crippen molar-refractivity contribution in [1.29, 1.82) is 10.7 Å². The predicted octanol–water partition coefficient (Wildman–Crippen LogP) is 6.83. The van der Waals surface area contributed by atoms with E-state index in [2.05, 4.69) is 22.0 Å². The molecule has 34 heavy (non-hydrogen) atoms. The van der Waals surface area contributed by atoms with E-state index in [0.717, 1.165) is 31.9 Å². The molecule has 0 amide bonds. The van der Waals surface area contributed by atoms with Crippen LogP contribution in [-0.4, -0.2) is 13.0 Å². The fourth-order valence-corrected chi connectivity index (χ4v) is 4.99. The van der Waals surface area contributed by atoms with E-state index in [1.165, 1.54) is 0 Å². The van der Waals surface area contributed by atoms with Gasteiger partial charge in [0.15, 0.2) is 11.5 Å². The Labute approximate surface area is 206 Å². The number of hydrogen-bond donors (Lipinski definition) is 1. The van der Waals surface area contributed by atoms with E-state index in [-0.39, 0.29) is 11.8 Å². The number of halogens is 1. The summed E-state index contributed by atoms with van der Waals surface area (Å²) in [6.07, 6.45) is 0. The van der Waals surface area contributed by atoms with Crippen molar-refractivity contribution in [2.75, 3.05) is 7.11 Å². The summed E-state index contributed by atoms with van der Waals surface area (Å²) in [5, 5.41) is 20.4. The van der Waals surface area contributed by atoms with Gasteiger partial charge in [0.05, 0.1) is 17.7 Å². The van der Waals surface area contributed by atoms with Crippen LogP contribution in [0.2, 0.25) is 0 Å². The highest BCUT2D eigenvalue weighted by atomic mass is 79.9. The van der Waals surface area contributed by atoms with Gasteiger partial charge in [0.1, 0.15) is 18.3 Å². The largest absolute Gasteiger partial charge is 0.493 e. The molecule has 4 aromatic rings. The molecule has 0 aromatic heterocycles. The first kappa shape index (κ1) is 22.0. The number of nitriles is 1. The minimum Gasteiger partial charge on any atom is -0.493 e. The molecule has 6 heteroatoms. The molecule has 0 spiro atoms. The Hall–Kier alpha value is -3.82. The predicted molar refractivity (Wildman–Crippen MR) is 135 cm³/mol. The highest BCUT2D eigenvalue weighted by Crippen LogP contribution is 2.48. The molecule has 0 aliphatic carbocycles. The third-order valence-electron chi connectivity index (χ3n) is 6.05. The highest BCUT2D eigenvalue weighted by Gasteiger charge is 2.38. The van der Waals surface area contributed by atoms with Crippen LogP contribution in [0.5, 0.6) is 17.2 Å². The molecule has 1 N–H and O–H groups in total. The van der Waals surface area contributed by atoms with Gasteiger partial charge < -0.3 is 14.2 Å². The maximum absolute atomic E-state index is 9.95. The van der Waals surface area contributed by atoms with Gasteiger partial charge in [-0.15, -0.1) is 0 Å². The molecule has 0 saturated carbocycles. The Kier molecular flexibility index (Phi) is 5.95. The zero-order valence-corrected chi connectivity index (χ0v) is 20.0. The minimum atomic E-state index is -0.763. The first-order valence-corrected chi connectivity index (χ1v) is 11.6. The lowest BCUT2D eigenvalue weighted by Gasteiger charge is -2.31. The first-order chi connectivity index (χ1) is 16.6. The van der Waals surface area contributed by atoms with Gasteiger partial charge in [-0.1, -0.05) is 66.7 Å². The fraction of sp³-hybridized carbons (Fsp3) is 0.143. The molecule has 0 bridgehead atoms. The van der Waals surface area contributed by atoms with E-state index in [1.807, 2.05) is 78.9 Å². The Morgan fingerprint density at radius 1 is 1.03 bits per heavy atom. The van der Waals surface area contributed by atoms with Crippen LogP contribution >= 0.6 is 15.9 Å². The van der Waals surface area contributed by atoms with Crippen LogP contribution in [0.3, 0.4) is 0 Å². The quantitative estimate of drug-likeness (QED) is 0.317. The second-order valence-electron chi connectivity index (χ2n) is 8.06. The van der Waals surface area contributed by atoms with Crippen molar-refractivity contribution in [2.24, 2.45) is 5.92 Å². The Balaban J connectivity index is 1.60. The summed E-state index contributed by atoms with van der Waals surface area (Å²) in [7, 11) is 1.59. The van der Waals surface area contributed by atoms with Crippen LogP contribution in [0.25, 0.3) is 10.8 Å². The molecule has 2 atom stereocenters. The van der Waals surface area contributed by atoms with Crippen LogP contribution in [0.4, 0.5) is 0 Å². The number of methoxy groups -OCH3 is 1. The van der Waals surface area contributed by atoms with Gasteiger partial charge in [-0.05, 0) is 44.6 Å². The summed E-state index contributed by atoms with van der Waals surface area (Å²) < 4.78 is 18.4. The van der Waals surface area contributed by atoms with Gasteiger partial charge in [-0.3, -0.25) is 5.41 Å². The summed E-state index contributed by atoms with van der Waals surface area (Å²) >= 11 is 3.64. The number of fused-ring (bicyclic) bond motifs is 3. The molecular weight excluding hydrogens is 492 g/mol. The molecule has 1 heterocycles. The molecule has 0 radical (unpaired) electrons. The topological polar surface area (TPSA) is 75.3 Å². The number of benzene rings is 4. The molecule has 4 aromatic carbocycles. The number of nitrogens with one attached hydrogen (secondary N) is 1. The second kappa shape index (κ2) is 9.20. The molecule has 5 rings (SSSR count). The van der Waals surface area contributed by atoms with Gasteiger partial charge in [0.25, 0.3) is 0 Å². The second-order valence-corrected chi connectivity index (χ2v) is 8.92. The summed E-state index contributed by atoms with van der Waals surface area (Å²) in [5.74, 6) is 0.553. The number of nitrogens with zero attached hydrogens (tertiary/aromatic N) is 1. The summed E-state index contributed by atoms with van der Waals surface area (Å²) in [6.45, 7) is 0.396. The molecular formula is C28H21BrN2O3. The highest BCUT2D eigenvalue weighted by molar-refractivity contribution is 9.10. The van der Waals surface area contributed by atoms with Crippen molar-refractivity contribution in [3.05, 3.63) is 100 Å². The Bertz CT molecular complexity index is 1430. The molecule has 1 aliphatic rings. The smallest absolute Gasteiger partial charge is 0.205 e. The lowest BCUT2D eigenvalue weighted by Crippen LogP contribution is -2.31. The molecule has 2 unspecified atom stereocenters.